The van der Waals surface area contributed by atoms with Crippen molar-refractivity contribution in [3.8, 4) is 5.75 Å². The maximum absolute atomic E-state index is 12.8. The van der Waals surface area contributed by atoms with Gasteiger partial charge in [0.15, 0.2) is 6.61 Å². The van der Waals surface area contributed by atoms with Crippen LogP contribution in [0.3, 0.4) is 0 Å². The lowest BCUT2D eigenvalue weighted by Gasteiger charge is -2.29. The predicted molar refractivity (Wildman–Crippen MR) is 137 cm³/mol. The minimum Gasteiger partial charge on any atom is -0.481 e. The van der Waals surface area contributed by atoms with Gasteiger partial charge in [-0.25, -0.2) is 8.42 Å². The number of carbonyl (C=O) groups is 2. The number of amides is 2. The summed E-state index contributed by atoms with van der Waals surface area (Å²) < 4.78 is 32.8. The van der Waals surface area contributed by atoms with E-state index in [-0.39, 0.29) is 23.3 Å². The number of nitrogens with one attached hydrogen (secondary N) is 1. The Labute approximate surface area is 210 Å². The molecular weight excluding hydrogens is 478 g/mol. The number of ether oxygens (including phenoxy) is 1. The van der Waals surface area contributed by atoms with Gasteiger partial charge < -0.3 is 15.0 Å². The largest absolute Gasteiger partial charge is 0.481 e. The number of rotatable bonds is 6. The van der Waals surface area contributed by atoms with Gasteiger partial charge in [0.25, 0.3) is 11.8 Å². The third-order valence-electron chi connectivity index (χ3n) is 6.41. The van der Waals surface area contributed by atoms with Crippen LogP contribution >= 0.6 is 0 Å². The Bertz CT molecular complexity index is 1370. The maximum Gasteiger partial charge on any atom is 0.265 e. The summed E-state index contributed by atoms with van der Waals surface area (Å²) in [6, 6.07) is 20.8. The molecule has 0 spiro atoms. The predicted octanol–water partition coefficient (Wildman–Crippen LogP) is 4.04. The molecule has 0 unspecified atom stereocenters. The summed E-state index contributed by atoms with van der Waals surface area (Å²) in [5.41, 5.74) is 2.49. The first-order valence-electron chi connectivity index (χ1n) is 11.9. The molecule has 2 aliphatic heterocycles. The quantitative estimate of drug-likeness (QED) is 0.546. The third kappa shape index (κ3) is 4.98. The molecule has 0 atom stereocenters. The Morgan fingerprint density at radius 2 is 1.64 bits per heavy atom. The standard InChI is InChI=1S/C27H27N3O5S/c31-26-19-35-25-17-22(11-14-24(25)30(26)18-20-7-3-1-4-8-20)28-27(32)21-9-12-23(13-10-21)36(33,34)29-15-5-2-6-16-29/h1,3-4,7-14,17H,2,5-6,15-16,18-19H2,(H,28,32). The molecule has 2 amide bonds. The fraction of sp³-hybridized carbons (Fsp3) is 0.259. The lowest BCUT2D eigenvalue weighted by Crippen LogP contribution is -2.38. The molecule has 9 heteroatoms. The molecule has 5 rings (SSSR count). The second-order valence-electron chi connectivity index (χ2n) is 8.88. The van der Waals surface area contributed by atoms with E-state index in [1.165, 1.54) is 28.6 Å². The normalized spacial score (nSPS) is 16.2. The molecule has 0 aromatic heterocycles. The van der Waals surface area contributed by atoms with Gasteiger partial charge in [-0.1, -0.05) is 36.8 Å². The summed E-state index contributed by atoms with van der Waals surface area (Å²) in [6.45, 7) is 1.40. The van der Waals surface area contributed by atoms with E-state index >= 15 is 0 Å². The van der Waals surface area contributed by atoms with Gasteiger partial charge in [0, 0.05) is 30.4 Å². The molecule has 0 aliphatic carbocycles. The lowest BCUT2D eigenvalue weighted by atomic mass is 10.1. The third-order valence-corrected chi connectivity index (χ3v) is 8.33. The zero-order valence-electron chi connectivity index (χ0n) is 19.7. The fourth-order valence-electron chi connectivity index (χ4n) is 4.46. The monoisotopic (exact) mass is 505 g/mol. The van der Waals surface area contributed by atoms with E-state index in [0.717, 1.165) is 24.8 Å². The first kappa shape index (κ1) is 24.0. The molecular formula is C27H27N3O5S. The molecule has 0 bridgehead atoms. The van der Waals surface area contributed by atoms with Crippen LogP contribution in [-0.2, 0) is 21.4 Å². The minimum absolute atomic E-state index is 0.0792. The number of carbonyl (C=O) groups excluding carboxylic acids is 2. The van der Waals surface area contributed by atoms with Crippen LogP contribution in [0.4, 0.5) is 11.4 Å². The Hall–Kier alpha value is -3.69. The van der Waals surface area contributed by atoms with Crippen molar-refractivity contribution in [3.05, 3.63) is 83.9 Å². The molecule has 3 aromatic carbocycles. The second-order valence-corrected chi connectivity index (χ2v) is 10.8. The highest BCUT2D eigenvalue weighted by Crippen LogP contribution is 2.35. The van der Waals surface area contributed by atoms with Crippen LogP contribution < -0.4 is 15.0 Å². The van der Waals surface area contributed by atoms with Crippen LogP contribution in [-0.4, -0.2) is 44.2 Å². The molecule has 8 nitrogen and oxygen atoms in total. The van der Waals surface area contributed by atoms with Crippen molar-refractivity contribution >= 4 is 33.2 Å². The molecule has 1 fully saturated rings. The summed E-state index contributed by atoms with van der Waals surface area (Å²) in [4.78, 5) is 27.2. The fourth-order valence-corrected chi connectivity index (χ4v) is 5.97. The first-order chi connectivity index (χ1) is 17.4. The molecule has 186 valence electrons. The van der Waals surface area contributed by atoms with Crippen molar-refractivity contribution in [1.82, 2.24) is 4.31 Å². The highest BCUT2D eigenvalue weighted by Gasteiger charge is 2.27. The van der Waals surface area contributed by atoms with Crippen LogP contribution in [0.15, 0.2) is 77.7 Å². The second kappa shape index (κ2) is 10.1. The van der Waals surface area contributed by atoms with Crippen molar-refractivity contribution in [2.24, 2.45) is 0 Å². The molecule has 1 N–H and O–H groups in total. The summed E-state index contributed by atoms with van der Waals surface area (Å²) in [6.07, 6.45) is 2.77. The number of fused-ring (bicyclic) bond motifs is 1. The first-order valence-corrected chi connectivity index (χ1v) is 13.4. The van der Waals surface area contributed by atoms with E-state index in [0.29, 0.717) is 42.3 Å². The van der Waals surface area contributed by atoms with Gasteiger partial charge >= 0.3 is 0 Å². The zero-order valence-corrected chi connectivity index (χ0v) is 20.5. The minimum atomic E-state index is -3.55. The smallest absolute Gasteiger partial charge is 0.265 e. The van der Waals surface area contributed by atoms with E-state index in [9.17, 15) is 18.0 Å². The summed E-state index contributed by atoms with van der Waals surface area (Å²) >= 11 is 0. The highest BCUT2D eigenvalue weighted by atomic mass is 32.2. The van der Waals surface area contributed by atoms with Crippen LogP contribution in [0.25, 0.3) is 0 Å². The molecule has 1 saturated heterocycles. The molecule has 0 saturated carbocycles. The molecule has 3 aromatic rings. The van der Waals surface area contributed by atoms with Gasteiger partial charge in [0.1, 0.15) is 5.75 Å². The Morgan fingerprint density at radius 3 is 2.36 bits per heavy atom. The topological polar surface area (TPSA) is 96.0 Å². The van der Waals surface area contributed by atoms with Gasteiger partial charge in [-0.15, -0.1) is 0 Å². The van der Waals surface area contributed by atoms with Crippen molar-refractivity contribution in [2.75, 3.05) is 29.9 Å². The van der Waals surface area contributed by atoms with Crippen molar-refractivity contribution in [1.29, 1.82) is 0 Å². The Balaban J connectivity index is 1.29. The molecule has 2 aliphatic rings. The number of piperidine rings is 1. The van der Waals surface area contributed by atoms with Crippen LogP contribution in [0.2, 0.25) is 0 Å². The number of hydrogen-bond donors (Lipinski definition) is 1. The summed E-state index contributed by atoms with van der Waals surface area (Å²) in [5.74, 6) is -0.000985. The zero-order chi connectivity index (χ0) is 25.1. The van der Waals surface area contributed by atoms with E-state index in [2.05, 4.69) is 5.32 Å². The van der Waals surface area contributed by atoms with Crippen molar-refractivity contribution < 1.29 is 22.7 Å². The average molecular weight is 506 g/mol. The maximum atomic E-state index is 12.8. The van der Waals surface area contributed by atoms with Crippen molar-refractivity contribution in [2.45, 2.75) is 30.7 Å². The lowest BCUT2D eigenvalue weighted by molar-refractivity contribution is -0.121. The van der Waals surface area contributed by atoms with Gasteiger partial charge in [-0.3, -0.25) is 9.59 Å². The summed E-state index contributed by atoms with van der Waals surface area (Å²) in [7, 11) is -3.55. The van der Waals surface area contributed by atoms with Gasteiger partial charge in [-0.05, 0) is 54.8 Å². The van der Waals surface area contributed by atoms with E-state index in [1.807, 2.05) is 30.3 Å². The average Bonchev–Trinajstić information content (AvgIpc) is 2.91. The van der Waals surface area contributed by atoms with Crippen LogP contribution in [0, 0.1) is 0 Å². The van der Waals surface area contributed by atoms with Gasteiger partial charge in [-0.2, -0.15) is 4.31 Å². The number of hydrogen-bond acceptors (Lipinski definition) is 5. The number of sulfonamides is 1. The number of nitrogens with zero attached hydrogens (tertiary/aromatic N) is 2. The summed E-state index contributed by atoms with van der Waals surface area (Å²) in [5, 5.41) is 2.82. The number of anilines is 2. The van der Waals surface area contributed by atoms with E-state index in [4.69, 9.17) is 4.74 Å². The van der Waals surface area contributed by atoms with Crippen LogP contribution in [0.1, 0.15) is 35.2 Å². The van der Waals surface area contributed by atoms with E-state index in [1.54, 1.807) is 23.1 Å². The highest BCUT2D eigenvalue weighted by molar-refractivity contribution is 7.89. The van der Waals surface area contributed by atoms with Gasteiger partial charge in [0.05, 0.1) is 17.1 Å². The molecule has 2 heterocycles. The molecule has 0 radical (unpaired) electrons. The van der Waals surface area contributed by atoms with Crippen molar-refractivity contribution in [3.63, 3.8) is 0 Å². The number of benzene rings is 3. The van der Waals surface area contributed by atoms with Gasteiger partial charge in [0.2, 0.25) is 10.0 Å². The van der Waals surface area contributed by atoms with Crippen LogP contribution in [0.5, 0.6) is 5.75 Å². The molecule has 36 heavy (non-hydrogen) atoms. The van der Waals surface area contributed by atoms with E-state index < -0.39 is 10.0 Å². The SMILES string of the molecule is O=C(Nc1ccc2c(c1)OCC(=O)N2Cc1ccccc1)c1ccc(S(=O)(=O)N2CCCCC2)cc1. The Kier molecular flexibility index (Phi) is 6.75. The Morgan fingerprint density at radius 1 is 0.917 bits per heavy atom.